The fourth-order valence-electron chi connectivity index (χ4n) is 2.75. The molecule has 2 aromatic carbocycles. The number of benzene rings is 2. The number of halogens is 2. The van der Waals surface area contributed by atoms with Gasteiger partial charge in [0, 0.05) is 11.8 Å². The van der Waals surface area contributed by atoms with Crippen LogP contribution in [0.4, 0.5) is 10.2 Å². The van der Waals surface area contributed by atoms with Crippen LogP contribution in [0.1, 0.15) is 10.4 Å². The summed E-state index contributed by atoms with van der Waals surface area (Å²) in [5, 5.41) is 4.37. The Kier molecular flexibility index (Phi) is 5.03. The molecule has 10 heteroatoms. The van der Waals surface area contributed by atoms with Crippen LogP contribution >= 0.6 is 11.6 Å². The highest BCUT2D eigenvalue weighted by molar-refractivity contribution is 6.34. The van der Waals surface area contributed by atoms with E-state index >= 15 is 0 Å². The van der Waals surface area contributed by atoms with Gasteiger partial charge in [0.15, 0.2) is 11.6 Å². The molecule has 0 aliphatic heterocycles. The molecule has 2 aromatic heterocycles. The van der Waals surface area contributed by atoms with Crippen LogP contribution in [0, 0.1) is 5.82 Å². The van der Waals surface area contributed by atoms with Crippen molar-refractivity contribution in [3.05, 3.63) is 77.5 Å². The Bertz CT molecular complexity index is 1250. The van der Waals surface area contributed by atoms with Gasteiger partial charge < -0.3 is 16.2 Å². The Balaban J connectivity index is 1.71. The van der Waals surface area contributed by atoms with E-state index in [-0.39, 0.29) is 33.7 Å². The molecule has 1 amide bonds. The van der Waals surface area contributed by atoms with Gasteiger partial charge in [-0.2, -0.15) is 10.1 Å². The number of primary amides is 1. The van der Waals surface area contributed by atoms with Crippen molar-refractivity contribution in [1.29, 1.82) is 0 Å². The number of rotatable bonds is 5. The first-order valence-corrected chi connectivity index (χ1v) is 9.00. The molecule has 0 aliphatic rings. The second kappa shape index (κ2) is 7.80. The van der Waals surface area contributed by atoms with Crippen LogP contribution < -0.4 is 16.2 Å². The molecule has 150 valence electrons. The molecular weight excluding hydrogens is 411 g/mol. The lowest BCUT2D eigenvalue weighted by atomic mass is 10.1. The molecule has 4 rings (SSSR count). The number of carbonyl (C=O) groups is 1. The third-order valence-corrected chi connectivity index (χ3v) is 4.55. The highest BCUT2D eigenvalue weighted by Gasteiger charge is 2.19. The van der Waals surface area contributed by atoms with Crippen LogP contribution in [0.25, 0.3) is 16.9 Å². The first kappa shape index (κ1) is 19.3. The zero-order chi connectivity index (χ0) is 21.3. The van der Waals surface area contributed by atoms with Gasteiger partial charge in [0.25, 0.3) is 5.91 Å². The average molecular weight is 425 g/mol. The van der Waals surface area contributed by atoms with Crippen molar-refractivity contribution in [2.24, 2.45) is 5.73 Å². The molecule has 0 fully saturated rings. The number of amides is 1. The fraction of sp³-hybridized carbons (Fsp3) is 0. The molecule has 0 saturated heterocycles. The van der Waals surface area contributed by atoms with Gasteiger partial charge in [0.05, 0.1) is 11.3 Å². The van der Waals surface area contributed by atoms with Crippen molar-refractivity contribution in [3.63, 3.8) is 0 Å². The van der Waals surface area contributed by atoms with Crippen LogP contribution in [0.2, 0.25) is 5.02 Å². The minimum atomic E-state index is -0.717. The van der Waals surface area contributed by atoms with Gasteiger partial charge in [0.2, 0.25) is 5.88 Å². The number of hydrogen-bond acceptors (Lipinski definition) is 6. The Morgan fingerprint density at radius 3 is 2.60 bits per heavy atom. The molecule has 8 nitrogen and oxygen atoms in total. The maximum Gasteiger partial charge on any atom is 0.252 e. The topological polar surface area (TPSA) is 122 Å². The van der Waals surface area contributed by atoms with Crippen LogP contribution in [0.15, 0.2) is 61.1 Å². The maximum absolute atomic E-state index is 14.7. The molecule has 2 heterocycles. The Labute approximate surface area is 174 Å². The predicted molar refractivity (Wildman–Crippen MR) is 109 cm³/mol. The van der Waals surface area contributed by atoms with Gasteiger partial charge in [-0.15, -0.1) is 0 Å². The van der Waals surface area contributed by atoms with Gasteiger partial charge >= 0.3 is 0 Å². The van der Waals surface area contributed by atoms with Crippen LogP contribution in [0.5, 0.6) is 11.6 Å². The minimum absolute atomic E-state index is 0.0104. The molecule has 0 atom stereocenters. The number of aromatic nitrogens is 4. The van der Waals surface area contributed by atoms with Crippen molar-refractivity contribution in [3.8, 4) is 28.6 Å². The smallest absolute Gasteiger partial charge is 0.252 e. The zero-order valence-electron chi connectivity index (χ0n) is 15.3. The summed E-state index contributed by atoms with van der Waals surface area (Å²) in [5.41, 5.74) is 12.5. The second-order valence-electron chi connectivity index (χ2n) is 6.16. The van der Waals surface area contributed by atoms with E-state index in [0.717, 1.165) is 12.0 Å². The Morgan fingerprint density at radius 2 is 1.90 bits per heavy atom. The first-order chi connectivity index (χ1) is 14.4. The normalized spacial score (nSPS) is 10.7. The summed E-state index contributed by atoms with van der Waals surface area (Å²) in [6.07, 6.45) is 2.65. The third-order valence-electron chi connectivity index (χ3n) is 4.20. The van der Waals surface area contributed by atoms with Gasteiger partial charge in [-0.3, -0.25) is 4.79 Å². The van der Waals surface area contributed by atoms with E-state index in [2.05, 4.69) is 15.1 Å². The number of carbonyl (C=O) groups excluding carboxylic acids is 1. The highest BCUT2D eigenvalue weighted by atomic mass is 35.5. The highest BCUT2D eigenvalue weighted by Crippen LogP contribution is 2.33. The number of anilines is 1. The van der Waals surface area contributed by atoms with Crippen molar-refractivity contribution in [2.45, 2.75) is 0 Å². The standard InChI is InChI=1S/C20H14ClFN6O2/c21-16-18(23)25-10-26-20(16)30-15-7-6-11(8-14(15)22)17-13(19(24)29)9-28(27-17)12-4-2-1-3-5-12/h1-10H,(H2,24,29)(H2,23,25,26). The largest absolute Gasteiger partial charge is 0.434 e. The minimum Gasteiger partial charge on any atom is -0.434 e. The van der Waals surface area contributed by atoms with E-state index in [4.69, 9.17) is 27.8 Å². The molecule has 0 unspecified atom stereocenters. The van der Waals surface area contributed by atoms with Gasteiger partial charge in [-0.1, -0.05) is 29.8 Å². The molecule has 30 heavy (non-hydrogen) atoms. The van der Waals surface area contributed by atoms with E-state index in [0.29, 0.717) is 5.56 Å². The summed E-state index contributed by atoms with van der Waals surface area (Å²) < 4.78 is 21.6. The van der Waals surface area contributed by atoms with Crippen LogP contribution in [-0.2, 0) is 0 Å². The molecule has 4 N–H and O–H groups in total. The van der Waals surface area contributed by atoms with Crippen molar-refractivity contribution in [1.82, 2.24) is 19.7 Å². The number of nitrogens with zero attached hydrogens (tertiary/aromatic N) is 4. The van der Waals surface area contributed by atoms with E-state index in [9.17, 15) is 9.18 Å². The average Bonchev–Trinajstić information content (AvgIpc) is 3.19. The lowest BCUT2D eigenvalue weighted by Gasteiger charge is -2.09. The molecule has 0 spiro atoms. The number of nitrogens with two attached hydrogens (primary N) is 2. The summed E-state index contributed by atoms with van der Waals surface area (Å²) in [6.45, 7) is 0. The third kappa shape index (κ3) is 3.65. The molecule has 0 radical (unpaired) electrons. The molecule has 0 aliphatic carbocycles. The quantitative estimate of drug-likeness (QED) is 0.504. The monoisotopic (exact) mass is 424 g/mol. The fourth-order valence-corrected chi connectivity index (χ4v) is 2.89. The number of ether oxygens (including phenoxy) is 1. The van der Waals surface area contributed by atoms with E-state index in [1.807, 2.05) is 30.3 Å². The van der Waals surface area contributed by atoms with Crippen LogP contribution in [-0.4, -0.2) is 25.7 Å². The van der Waals surface area contributed by atoms with Crippen LogP contribution in [0.3, 0.4) is 0 Å². The van der Waals surface area contributed by atoms with E-state index < -0.39 is 11.7 Å². The predicted octanol–water partition coefficient (Wildman–Crippen LogP) is 3.60. The summed E-state index contributed by atoms with van der Waals surface area (Å²) >= 11 is 5.98. The maximum atomic E-state index is 14.7. The van der Waals surface area contributed by atoms with E-state index in [1.165, 1.54) is 23.0 Å². The Hall–Kier alpha value is -3.98. The first-order valence-electron chi connectivity index (χ1n) is 8.62. The second-order valence-corrected chi connectivity index (χ2v) is 6.54. The van der Waals surface area contributed by atoms with Crippen molar-refractivity contribution >= 4 is 23.3 Å². The molecule has 4 aromatic rings. The molecule has 0 bridgehead atoms. The van der Waals surface area contributed by atoms with Gasteiger partial charge in [-0.05, 0) is 30.3 Å². The Morgan fingerprint density at radius 1 is 1.13 bits per heavy atom. The summed E-state index contributed by atoms with van der Waals surface area (Å²) in [7, 11) is 0. The lowest BCUT2D eigenvalue weighted by molar-refractivity contribution is 0.100. The number of para-hydroxylation sites is 1. The number of nitrogen functional groups attached to an aromatic ring is 1. The summed E-state index contributed by atoms with van der Waals surface area (Å²) in [4.78, 5) is 19.5. The summed E-state index contributed by atoms with van der Waals surface area (Å²) in [6, 6.07) is 13.2. The van der Waals surface area contributed by atoms with E-state index in [1.54, 1.807) is 6.07 Å². The van der Waals surface area contributed by atoms with Crippen molar-refractivity contribution in [2.75, 3.05) is 5.73 Å². The lowest BCUT2D eigenvalue weighted by Crippen LogP contribution is -2.11. The zero-order valence-corrected chi connectivity index (χ0v) is 16.0. The van der Waals surface area contributed by atoms with Gasteiger partial charge in [-0.25, -0.2) is 14.1 Å². The molecular formula is C20H14ClFN6O2. The SMILES string of the molecule is NC(=O)c1cn(-c2ccccc2)nc1-c1ccc(Oc2ncnc(N)c2Cl)c(F)c1. The van der Waals surface area contributed by atoms with Crippen molar-refractivity contribution < 1.29 is 13.9 Å². The number of hydrogen-bond donors (Lipinski definition) is 2. The molecule has 0 saturated carbocycles. The van der Waals surface area contributed by atoms with Gasteiger partial charge in [0.1, 0.15) is 22.9 Å². The summed E-state index contributed by atoms with van der Waals surface area (Å²) in [5.74, 6) is -1.61.